The number of hydrogen-bond donors (Lipinski definition) is 2. The van der Waals surface area contributed by atoms with Crippen LogP contribution in [0, 0.1) is 5.41 Å². The summed E-state index contributed by atoms with van der Waals surface area (Å²) in [7, 11) is 0. The van der Waals surface area contributed by atoms with E-state index in [-0.39, 0.29) is 11.9 Å². The molecule has 0 aliphatic carbocycles. The number of nitrogens with one attached hydrogen (secondary N) is 1. The standard InChI is InChI=1S/C11H24N2O/c1-9(8-12)13-10(14)6-5-7-11(2,3)4/h9H,5-8,12H2,1-4H3,(H,13,14)/t9-/m0/s1. The molecule has 0 unspecified atom stereocenters. The highest BCUT2D eigenvalue weighted by molar-refractivity contribution is 5.76. The van der Waals surface area contributed by atoms with Crippen molar-refractivity contribution >= 4 is 5.91 Å². The SMILES string of the molecule is C[C@@H](CN)NC(=O)CCCC(C)(C)C. The molecule has 14 heavy (non-hydrogen) atoms. The zero-order valence-electron chi connectivity index (χ0n) is 9.89. The fraction of sp³-hybridized carbons (Fsp3) is 0.909. The summed E-state index contributed by atoms with van der Waals surface area (Å²) in [5, 5.41) is 2.85. The van der Waals surface area contributed by atoms with Gasteiger partial charge in [-0.25, -0.2) is 0 Å². The van der Waals surface area contributed by atoms with Crippen molar-refractivity contribution < 1.29 is 4.79 Å². The Morgan fingerprint density at radius 3 is 2.43 bits per heavy atom. The second kappa shape index (κ2) is 6.02. The summed E-state index contributed by atoms with van der Waals surface area (Å²) < 4.78 is 0. The van der Waals surface area contributed by atoms with Crippen LogP contribution >= 0.6 is 0 Å². The smallest absolute Gasteiger partial charge is 0.220 e. The molecule has 0 bridgehead atoms. The van der Waals surface area contributed by atoms with Crippen LogP contribution < -0.4 is 11.1 Å². The lowest BCUT2D eigenvalue weighted by Crippen LogP contribution is -2.37. The van der Waals surface area contributed by atoms with E-state index in [0.29, 0.717) is 18.4 Å². The van der Waals surface area contributed by atoms with E-state index in [1.807, 2.05) is 6.92 Å². The van der Waals surface area contributed by atoms with Crippen LogP contribution in [0.15, 0.2) is 0 Å². The van der Waals surface area contributed by atoms with Crippen LogP contribution in [0.4, 0.5) is 0 Å². The fourth-order valence-corrected chi connectivity index (χ4v) is 1.19. The number of carbonyl (C=O) groups excluding carboxylic acids is 1. The minimum absolute atomic E-state index is 0.0946. The minimum Gasteiger partial charge on any atom is -0.352 e. The molecule has 0 aromatic carbocycles. The summed E-state index contributed by atoms with van der Waals surface area (Å²) in [6.07, 6.45) is 2.64. The van der Waals surface area contributed by atoms with Gasteiger partial charge < -0.3 is 11.1 Å². The molecular weight excluding hydrogens is 176 g/mol. The van der Waals surface area contributed by atoms with Crippen molar-refractivity contribution in [2.24, 2.45) is 11.1 Å². The van der Waals surface area contributed by atoms with Gasteiger partial charge in [-0.3, -0.25) is 4.79 Å². The van der Waals surface area contributed by atoms with E-state index in [4.69, 9.17) is 5.73 Å². The molecule has 0 saturated carbocycles. The molecule has 0 aliphatic rings. The Morgan fingerprint density at radius 1 is 1.43 bits per heavy atom. The molecule has 0 radical (unpaired) electrons. The van der Waals surface area contributed by atoms with Gasteiger partial charge in [0.15, 0.2) is 0 Å². The van der Waals surface area contributed by atoms with E-state index in [2.05, 4.69) is 26.1 Å². The molecule has 0 rings (SSSR count). The van der Waals surface area contributed by atoms with Gasteiger partial charge in [0.1, 0.15) is 0 Å². The van der Waals surface area contributed by atoms with Crippen molar-refractivity contribution in [1.82, 2.24) is 5.32 Å². The molecule has 0 saturated heterocycles. The Morgan fingerprint density at radius 2 is 2.00 bits per heavy atom. The highest BCUT2D eigenvalue weighted by Crippen LogP contribution is 2.21. The van der Waals surface area contributed by atoms with Crippen molar-refractivity contribution in [2.45, 2.75) is 53.0 Å². The molecule has 0 aromatic rings. The Bertz CT molecular complexity index is 173. The number of amides is 1. The maximum absolute atomic E-state index is 11.3. The van der Waals surface area contributed by atoms with Crippen LogP contribution in [0.2, 0.25) is 0 Å². The van der Waals surface area contributed by atoms with Crippen LogP contribution in [-0.2, 0) is 4.79 Å². The molecule has 84 valence electrons. The number of nitrogens with two attached hydrogens (primary N) is 1. The molecule has 3 nitrogen and oxygen atoms in total. The van der Waals surface area contributed by atoms with Crippen molar-refractivity contribution in [3.63, 3.8) is 0 Å². The van der Waals surface area contributed by atoms with Crippen LogP contribution in [0.3, 0.4) is 0 Å². The highest BCUT2D eigenvalue weighted by Gasteiger charge is 2.11. The van der Waals surface area contributed by atoms with Gasteiger partial charge in [0.2, 0.25) is 5.91 Å². The van der Waals surface area contributed by atoms with E-state index in [1.165, 1.54) is 0 Å². The Balaban J connectivity index is 3.55. The molecular formula is C11H24N2O. The summed E-state index contributed by atoms with van der Waals surface area (Å²) in [5.41, 5.74) is 5.72. The summed E-state index contributed by atoms with van der Waals surface area (Å²) in [6.45, 7) is 8.99. The number of rotatable bonds is 5. The van der Waals surface area contributed by atoms with Gasteiger partial charge in [-0.15, -0.1) is 0 Å². The van der Waals surface area contributed by atoms with Crippen molar-refractivity contribution in [1.29, 1.82) is 0 Å². The molecule has 0 aliphatic heterocycles. The van der Waals surface area contributed by atoms with E-state index < -0.39 is 0 Å². The second-order valence-electron chi connectivity index (χ2n) is 5.12. The Labute approximate surface area is 87.4 Å². The molecule has 1 amide bonds. The third-order valence-electron chi connectivity index (χ3n) is 2.09. The first-order valence-electron chi connectivity index (χ1n) is 5.34. The van der Waals surface area contributed by atoms with Crippen molar-refractivity contribution in [2.75, 3.05) is 6.54 Å². The maximum atomic E-state index is 11.3. The van der Waals surface area contributed by atoms with Crippen molar-refractivity contribution in [3.05, 3.63) is 0 Å². The minimum atomic E-state index is 0.0946. The number of hydrogen-bond acceptors (Lipinski definition) is 2. The van der Waals surface area contributed by atoms with Gasteiger partial charge in [0.05, 0.1) is 0 Å². The molecule has 0 spiro atoms. The lowest BCUT2D eigenvalue weighted by atomic mass is 9.90. The normalized spacial score (nSPS) is 13.8. The summed E-state index contributed by atoms with van der Waals surface area (Å²) in [6, 6.07) is 0.0946. The molecule has 1 atom stereocenters. The van der Waals surface area contributed by atoms with Crippen LogP contribution in [0.1, 0.15) is 47.0 Å². The van der Waals surface area contributed by atoms with Crippen LogP contribution in [0.25, 0.3) is 0 Å². The third kappa shape index (κ3) is 8.05. The maximum Gasteiger partial charge on any atom is 0.220 e. The molecule has 0 aromatic heterocycles. The Kier molecular flexibility index (Phi) is 5.77. The predicted octanol–water partition coefficient (Wildman–Crippen LogP) is 1.67. The zero-order valence-corrected chi connectivity index (χ0v) is 9.89. The average Bonchev–Trinajstić information content (AvgIpc) is 2.01. The predicted molar refractivity (Wildman–Crippen MR) is 60.0 cm³/mol. The van der Waals surface area contributed by atoms with Gasteiger partial charge in [0, 0.05) is 19.0 Å². The van der Waals surface area contributed by atoms with Crippen molar-refractivity contribution in [3.8, 4) is 0 Å². The first-order chi connectivity index (χ1) is 6.35. The highest BCUT2D eigenvalue weighted by atomic mass is 16.1. The zero-order chi connectivity index (χ0) is 11.2. The van der Waals surface area contributed by atoms with E-state index in [9.17, 15) is 4.79 Å². The van der Waals surface area contributed by atoms with Crippen LogP contribution in [-0.4, -0.2) is 18.5 Å². The van der Waals surface area contributed by atoms with Gasteiger partial charge in [-0.1, -0.05) is 20.8 Å². The average molecular weight is 200 g/mol. The monoisotopic (exact) mass is 200 g/mol. The molecule has 3 heteroatoms. The first-order valence-corrected chi connectivity index (χ1v) is 5.34. The van der Waals surface area contributed by atoms with Crippen LogP contribution in [0.5, 0.6) is 0 Å². The van der Waals surface area contributed by atoms with E-state index >= 15 is 0 Å². The quantitative estimate of drug-likeness (QED) is 0.709. The summed E-state index contributed by atoms with van der Waals surface area (Å²) in [4.78, 5) is 11.3. The largest absolute Gasteiger partial charge is 0.352 e. The van der Waals surface area contributed by atoms with E-state index in [0.717, 1.165) is 12.8 Å². The van der Waals surface area contributed by atoms with Gasteiger partial charge in [-0.05, 0) is 25.2 Å². The lowest BCUT2D eigenvalue weighted by molar-refractivity contribution is -0.121. The fourth-order valence-electron chi connectivity index (χ4n) is 1.19. The molecule has 0 fully saturated rings. The van der Waals surface area contributed by atoms with E-state index in [1.54, 1.807) is 0 Å². The van der Waals surface area contributed by atoms with Gasteiger partial charge in [0.25, 0.3) is 0 Å². The van der Waals surface area contributed by atoms with Gasteiger partial charge >= 0.3 is 0 Å². The van der Waals surface area contributed by atoms with Gasteiger partial charge in [-0.2, -0.15) is 0 Å². The Hall–Kier alpha value is -0.570. The third-order valence-corrected chi connectivity index (χ3v) is 2.09. The topological polar surface area (TPSA) is 55.1 Å². The lowest BCUT2D eigenvalue weighted by Gasteiger charge is -2.18. The second-order valence-corrected chi connectivity index (χ2v) is 5.12. The number of carbonyl (C=O) groups is 1. The summed E-state index contributed by atoms with van der Waals surface area (Å²) in [5.74, 6) is 0.118. The molecule has 0 heterocycles. The first kappa shape index (κ1) is 13.4. The molecule has 3 N–H and O–H groups in total. The summed E-state index contributed by atoms with van der Waals surface area (Å²) >= 11 is 0.